The van der Waals surface area contributed by atoms with Crippen molar-refractivity contribution in [3.05, 3.63) is 47.5 Å². The Balaban J connectivity index is 2.20. The highest BCUT2D eigenvalue weighted by Gasteiger charge is 2.30. The molecule has 0 aromatic heterocycles. The molecule has 0 aliphatic carbocycles. The van der Waals surface area contributed by atoms with Crippen LogP contribution in [0.1, 0.15) is 18.6 Å². The quantitative estimate of drug-likeness (QED) is 0.744. The van der Waals surface area contributed by atoms with Gasteiger partial charge in [0.2, 0.25) is 0 Å². The van der Waals surface area contributed by atoms with Gasteiger partial charge in [-0.3, -0.25) is 0 Å². The summed E-state index contributed by atoms with van der Waals surface area (Å²) < 4.78 is 5.01. The van der Waals surface area contributed by atoms with Crippen LogP contribution in [0.5, 0.6) is 0 Å². The average Bonchev–Trinajstić information content (AvgIpc) is 2.58. The molecule has 0 radical (unpaired) electrons. The first-order valence-corrected chi connectivity index (χ1v) is 4.80. The molecule has 0 bridgehead atoms. The normalized spacial score (nSPS) is 22.1. The van der Waals surface area contributed by atoms with Crippen LogP contribution in [0.25, 0.3) is 0 Å². The highest BCUT2D eigenvalue weighted by Crippen LogP contribution is 2.27. The summed E-state index contributed by atoms with van der Waals surface area (Å²) in [6.07, 6.45) is 0.0883. The maximum absolute atomic E-state index is 11.0. The summed E-state index contributed by atoms with van der Waals surface area (Å²) in [6, 6.07) is 9.18. The summed E-state index contributed by atoms with van der Waals surface area (Å²) >= 11 is 0. The summed E-state index contributed by atoms with van der Waals surface area (Å²) in [6.45, 7) is 1.78. The molecule has 0 spiro atoms. The monoisotopic (exact) mass is 204 g/mol. The smallest absolute Gasteiger partial charge is 0.331 e. The number of carbonyl (C=O) groups excluding carboxylic acids is 1. The number of aliphatic hydroxyl groups is 1. The first kappa shape index (κ1) is 9.93. The molecule has 0 amide bonds. The van der Waals surface area contributed by atoms with Gasteiger partial charge in [0.15, 0.2) is 6.10 Å². The zero-order chi connectivity index (χ0) is 10.8. The lowest BCUT2D eigenvalue weighted by Crippen LogP contribution is -2.20. The number of hydrogen-bond donors (Lipinski definition) is 1. The van der Waals surface area contributed by atoms with Crippen molar-refractivity contribution in [2.75, 3.05) is 0 Å². The van der Waals surface area contributed by atoms with Crippen LogP contribution in [0, 0.1) is 0 Å². The van der Waals surface area contributed by atoms with Crippen LogP contribution in [0.3, 0.4) is 0 Å². The van der Waals surface area contributed by atoms with Crippen LogP contribution < -0.4 is 0 Å². The van der Waals surface area contributed by atoms with Crippen molar-refractivity contribution in [3.63, 3.8) is 0 Å². The van der Waals surface area contributed by atoms with Gasteiger partial charge in [-0.1, -0.05) is 30.3 Å². The Hall–Kier alpha value is -1.61. The maximum atomic E-state index is 11.0. The Labute approximate surface area is 88.0 Å². The molecule has 2 rings (SSSR count). The van der Waals surface area contributed by atoms with Gasteiger partial charge in [0.1, 0.15) is 6.10 Å². The van der Waals surface area contributed by atoms with Gasteiger partial charge >= 0.3 is 5.97 Å². The summed E-state index contributed by atoms with van der Waals surface area (Å²) in [5, 5.41) is 9.99. The molecule has 1 aliphatic heterocycles. The molecular weight excluding hydrogens is 192 g/mol. The molecule has 15 heavy (non-hydrogen) atoms. The van der Waals surface area contributed by atoms with E-state index in [1.54, 1.807) is 6.92 Å². The minimum atomic E-state index is -0.783. The van der Waals surface area contributed by atoms with Gasteiger partial charge in [-0.25, -0.2) is 4.79 Å². The van der Waals surface area contributed by atoms with Gasteiger partial charge in [0.05, 0.1) is 0 Å². The molecule has 1 aromatic carbocycles. The van der Waals surface area contributed by atoms with E-state index in [0.717, 1.165) is 11.1 Å². The van der Waals surface area contributed by atoms with Crippen LogP contribution in [-0.2, 0) is 9.53 Å². The van der Waals surface area contributed by atoms with E-state index < -0.39 is 12.2 Å². The van der Waals surface area contributed by atoms with Crippen LogP contribution in [0.4, 0.5) is 0 Å². The number of hydrogen-bond acceptors (Lipinski definition) is 3. The van der Waals surface area contributed by atoms with Crippen molar-refractivity contribution in [2.24, 2.45) is 0 Å². The minimum Gasteiger partial charge on any atom is -0.452 e. The molecule has 3 nitrogen and oxygen atoms in total. The summed E-state index contributed by atoms with van der Waals surface area (Å²) in [5.41, 5.74) is 1.52. The number of cyclic esters (lactones) is 1. The zero-order valence-electron chi connectivity index (χ0n) is 8.38. The van der Waals surface area contributed by atoms with Gasteiger partial charge in [0, 0.05) is 6.08 Å². The number of rotatable bonds is 2. The van der Waals surface area contributed by atoms with Gasteiger partial charge in [-0.2, -0.15) is 0 Å². The van der Waals surface area contributed by atoms with Gasteiger partial charge < -0.3 is 9.84 Å². The van der Waals surface area contributed by atoms with E-state index in [-0.39, 0.29) is 5.97 Å². The Morgan fingerprint density at radius 2 is 2.00 bits per heavy atom. The predicted molar refractivity (Wildman–Crippen MR) is 55.0 cm³/mol. The van der Waals surface area contributed by atoms with Crippen LogP contribution >= 0.6 is 0 Å². The highest BCUT2D eigenvalue weighted by atomic mass is 16.6. The van der Waals surface area contributed by atoms with E-state index >= 15 is 0 Å². The van der Waals surface area contributed by atoms with Crippen molar-refractivity contribution >= 4 is 5.97 Å². The fourth-order valence-corrected chi connectivity index (χ4v) is 1.66. The number of ether oxygens (including phenoxy) is 1. The second-order valence-electron chi connectivity index (χ2n) is 3.60. The molecule has 0 saturated carbocycles. The second kappa shape index (κ2) is 3.87. The Morgan fingerprint density at radius 1 is 1.33 bits per heavy atom. The Morgan fingerprint density at radius 3 is 2.53 bits per heavy atom. The highest BCUT2D eigenvalue weighted by molar-refractivity contribution is 5.85. The van der Waals surface area contributed by atoms with Crippen LogP contribution in [-0.4, -0.2) is 17.2 Å². The molecule has 0 saturated heterocycles. The molecule has 0 unspecified atom stereocenters. The molecular formula is C12H12O3. The minimum absolute atomic E-state index is 0.382. The molecule has 1 aromatic rings. The third-order valence-electron chi connectivity index (χ3n) is 2.47. The zero-order valence-corrected chi connectivity index (χ0v) is 8.38. The van der Waals surface area contributed by atoms with Crippen molar-refractivity contribution in [1.82, 2.24) is 0 Å². The molecule has 1 N–H and O–H groups in total. The number of aliphatic hydroxyl groups excluding tert-OH is 1. The van der Waals surface area contributed by atoms with E-state index in [0.29, 0.717) is 0 Å². The maximum Gasteiger partial charge on any atom is 0.331 e. The van der Waals surface area contributed by atoms with Crippen molar-refractivity contribution in [1.29, 1.82) is 0 Å². The lowest BCUT2D eigenvalue weighted by Gasteiger charge is -2.19. The van der Waals surface area contributed by atoms with Gasteiger partial charge in [0.25, 0.3) is 0 Å². The molecule has 3 heteroatoms. The SMILES string of the molecule is CC1=CC(=O)O[C@H]1[C@@H](O)c1ccccc1. The summed E-state index contributed by atoms with van der Waals surface area (Å²) in [5.74, 6) is -0.382. The van der Waals surface area contributed by atoms with E-state index in [1.807, 2.05) is 30.3 Å². The first-order valence-electron chi connectivity index (χ1n) is 4.80. The predicted octanol–water partition coefficient (Wildman–Crippen LogP) is 1.59. The third kappa shape index (κ3) is 1.92. The van der Waals surface area contributed by atoms with Crippen molar-refractivity contribution in [2.45, 2.75) is 19.1 Å². The fraction of sp³-hybridized carbons (Fsp3) is 0.250. The molecule has 0 fully saturated rings. The largest absolute Gasteiger partial charge is 0.452 e. The van der Waals surface area contributed by atoms with Crippen LogP contribution in [0.2, 0.25) is 0 Å². The van der Waals surface area contributed by atoms with Crippen molar-refractivity contribution in [3.8, 4) is 0 Å². The topological polar surface area (TPSA) is 46.5 Å². The second-order valence-corrected chi connectivity index (χ2v) is 3.60. The summed E-state index contributed by atoms with van der Waals surface area (Å²) in [4.78, 5) is 11.0. The van der Waals surface area contributed by atoms with E-state index in [9.17, 15) is 9.90 Å². The number of esters is 1. The number of carbonyl (C=O) groups is 1. The van der Waals surface area contributed by atoms with Gasteiger partial charge in [-0.05, 0) is 18.1 Å². The van der Waals surface area contributed by atoms with E-state index in [1.165, 1.54) is 6.08 Å². The lowest BCUT2D eigenvalue weighted by atomic mass is 10.0. The Kier molecular flexibility index (Phi) is 2.56. The summed E-state index contributed by atoms with van der Waals surface area (Å²) in [7, 11) is 0. The molecule has 2 atom stereocenters. The first-order chi connectivity index (χ1) is 7.18. The fourth-order valence-electron chi connectivity index (χ4n) is 1.66. The number of benzene rings is 1. The molecule has 78 valence electrons. The van der Waals surface area contributed by atoms with Crippen molar-refractivity contribution < 1.29 is 14.6 Å². The van der Waals surface area contributed by atoms with E-state index in [2.05, 4.69) is 0 Å². The standard InChI is InChI=1S/C12H12O3/c1-8-7-10(13)15-12(8)11(14)9-5-3-2-4-6-9/h2-7,11-12,14H,1H3/t11-,12+/m0/s1. The van der Waals surface area contributed by atoms with Gasteiger partial charge in [-0.15, -0.1) is 0 Å². The van der Waals surface area contributed by atoms with E-state index in [4.69, 9.17) is 4.74 Å². The van der Waals surface area contributed by atoms with Crippen LogP contribution in [0.15, 0.2) is 42.0 Å². The lowest BCUT2D eigenvalue weighted by molar-refractivity contribution is -0.143. The average molecular weight is 204 g/mol. The molecule has 1 aliphatic rings. The Bertz CT molecular complexity index is 395. The molecule has 1 heterocycles. The third-order valence-corrected chi connectivity index (χ3v) is 2.47.